The maximum atomic E-state index is 6.06. The Kier molecular flexibility index (Phi) is 7.81. The van der Waals surface area contributed by atoms with Gasteiger partial charge >= 0.3 is 0 Å². The molecule has 2 N–H and O–H groups in total. The molecule has 0 aliphatic carbocycles. The summed E-state index contributed by atoms with van der Waals surface area (Å²) in [5.41, 5.74) is 7.19. The van der Waals surface area contributed by atoms with Crippen LogP contribution in [-0.4, -0.2) is 0 Å². The number of hydrogen-bond donors (Lipinski definition) is 1. The fourth-order valence-corrected chi connectivity index (χ4v) is 2.15. The summed E-state index contributed by atoms with van der Waals surface area (Å²) < 4.78 is 5.04. The van der Waals surface area contributed by atoms with Crippen LogP contribution in [0.3, 0.4) is 0 Å². The van der Waals surface area contributed by atoms with Crippen molar-refractivity contribution in [2.75, 3.05) is 0 Å². The zero-order chi connectivity index (χ0) is 12.3. The smallest absolute Gasteiger partial charge is 0.0950 e. The van der Waals surface area contributed by atoms with Crippen molar-refractivity contribution >= 4 is 0 Å². The van der Waals surface area contributed by atoms with E-state index in [9.17, 15) is 0 Å². The highest BCUT2D eigenvalue weighted by Crippen LogP contribution is 2.18. The molecule has 0 bridgehead atoms. The minimum absolute atomic E-state index is 0.161. The Morgan fingerprint density at radius 1 is 1.06 bits per heavy atom. The number of hydrogen-bond acceptors (Lipinski definition) is 2. The van der Waals surface area contributed by atoms with E-state index in [4.69, 9.17) is 10.2 Å². The first-order chi connectivity index (χ1) is 8.34. The van der Waals surface area contributed by atoms with Gasteiger partial charge in [-0.25, -0.2) is 0 Å². The van der Waals surface area contributed by atoms with Crippen LogP contribution in [0.5, 0.6) is 0 Å². The lowest BCUT2D eigenvalue weighted by Gasteiger charge is -2.08. The topological polar surface area (TPSA) is 39.2 Å². The Morgan fingerprint density at radius 3 is 2.29 bits per heavy atom. The van der Waals surface area contributed by atoms with Crippen LogP contribution in [0.15, 0.2) is 23.0 Å². The third-order valence-corrected chi connectivity index (χ3v) is 3.34. The summed E-state index contributed by atoms with van der Waals surface area (Å²) in [6, 6.07) is 2.13. The molecule has 1 rings (SSSR count). The van der Waals surface area contributed by atoms with Crippen LogP contribution in [0.1, 0.15) is 76.3 Å². The highest BCUT2D eigenvalue weighted by molar-refractivity contribution is 5.10. The molecule has 0 saturated carbocycles. The second-order valence-electron chi connectivity index (χ2n) is 4.93. The molecule has 1 heterocycles. The van der Waals surface area contributed by atoms with Crippen LogP contribution >= 0.6 is 0 Å². The minimum Gasteiger partial charge on any atom is -0.472 e. The zero-order valence-corrected chi connectivity index (χ0v) is 11.2. The van der Waals surface area contributed by atoms with Crippen molar-refractivity contribution in [2.24, 2.45) is 5.73 Å². The molecule has 0 radical (unpaired) electrons. The molecule has 0 aliphatic heterocycles. The first kappa shape index (κ1) is 14.3. The molecule has 1 atom stereocenters. The fourth-order valence-electron chi connectivity index (χ4n) is 2.15. The summed E-state index contributed by atoms with van der Waals surface area (Å²) in [6.45, 7) is 2.26. The quantitative estimate of drug-likeness (QED) is 0.593. The van der Waals surface area contributed by atoms with Gasteiger partial charge in [0.2, 0.25) is 0 Å². The molecule has 17 heavy (non-hydrogen) atoms. The molecule has 0 fully saturated rings. The van der Waals surface area contributed by atoms with Crippen molar-refractivity contribution in [2.45, 2.75) is 70.8 Å². The molecule has 1 unspecified atom stereocenters. The van der Waals surface area contributed by atoms with E-state index in [1.54, 1.807) is 12.5 Å². The third-order valence-electron chi connectivity index (χ3n) is 3.34. The van der Waals surface area contributed by atoms with Gasteiger partial charge in [-0.2, -0.15) is 0 Å². The van der Waals surface area contributed by atoms with E-state index in [0.29, 0.717) is 0 Å². The largest absolute Gasteiger partial charge is 0.472 e. The second-order valence-corrected chi connectivity index (χ2v) is 4.93. The predicted octanol–water partition coefficient (Wildman–Crippen LogP) is 4.81. The Hall–Kier alpha value is -0.760. The van der Waals surface area contributed by atoms with Gasteiger partial charge in [-0.3, -0.25) is 0 Å². The zero-order valence-electron chi connectivity index (χ0n) is 11.2. The van der Waals surface area contributed by atoms with E-state index >= 15 is 0 Å². The summed E-state index contributed by atoms with van der Waals surface area (Å²) in [5, 5.41) is 0. The third kappa shape index (κ3) is 6.52. The molecule has 1 aromatic heterocycles. The lowest BCUT2D eigenvalue weighted by atomic mass is 10.0. The Bertz CT molecular complexity index is 256. The van der Waals surface area contributed by atoms with E-state index in [2.05, 4.69) is 6.92 Å². The molecule has 0 aliphatic rings. The van der Waals surface area contributed by atoms with Crippen LogP contribution in [0.2, 0.25) is 0 Å². The molecule has 0 aromatic carbocycles. The van der Waals surface area contributed by atoms with E-state index < -0.39 is 0 Å². The highest BCUT2D eigenvalue weighted by atomic mass is 16.3. The normalized spacial score (nSPS) is 12.8. The summed E-state index contributed by atoms with van der Waals surface area (Å²) in [7, 11) is 0. The summed E-state index contributed by atoms with van der Waals surface area (Å²) >= 11 is 0. The molecule has 98 valence electrons. The van der Waals surface area contributed by atoms with Gasteiger partial charge in [0.15, 0.2) is 0 Å². The van der Waals surface area contributed by atoms with Gasteiger partial charge < -0.3 is 10.2 Å². The summed E-state index contributed by atoms with van der Waals surface area (Å²) in [6.07, 6.45) is 15.4. The van der Waals surface area contributed by atoms with E-state index in [1.165, 1.54) is 51.4 Å². The Morgan fingerprint density at radius 2 is 1.71 bits per heavy atom. The average Bonchev–Trinajstić information content (AvgIpc) is 2.86. The van der Waals surface area contributed by atoms with Gasteiger partial charge in [0.05, 0.1) is 12.5 Å². The molecule has 0 amide bonds. The molecular formula is C15H27NO. The van der Waals surface area contributed by atoms with Crippen molar-refractivity contribution in [3.63, 3.8) is 0 Å². The first-order valence-electron chi connectivity index (χ1n) is 7.12. The summed E-state index contributed by atoms with van der Waals surface area (Å²) in [4.78, 5) is 0. The average molecular weight is 237 g/mol. The van der Waals surface area contributed by atoms with E-state index in [-0.39, 0.29) is 6.04 Å². The van der Waals surface area contributed by atoms with Crippen LogP contribution in [0, 0.1) is 0 Å². The molecule has 0 spiro atoms. The van der Waals surface area contributed by atoms with Crippen LogP contribution in [-0.2, 0) is 0 Å². The van der Waals surface area contributed by atoms with Crippen molar-refractivity contribution in [3.05, 3.63) is 24.2 Å². The number of furan rings is 1. The van der Waals surface area contributed by atoms with Gasteiger partial charge in [-0.15, -0.1) is 0 Å². The van der Waals surface area contributed by atoms with Gasteiger partial charge in [-0.1, -0.05) is 58.3 Å². The van der Waals surface area contributed by atoms with E-state index in [1.807, 2.05) is 6.07 Å². The van der Waals surface area contributed by atoms with Gasteiger partial charge in [-0.05, 0) is 12.5 Å². The predicted molar refractivity (Wildman–Crippen MR) is 72.9 cm³/mol. The Balaban J connectivity index is 1.90. The molecular weight excluding hydrogens is 210 g/mol. The number of unbranched alkanes of at least 4 members (excludes halogenated alkanes) is 7. The van der Waals surface area contributed by atoms with Crippen LogP contribution in [0.4, 0.5) is 0 Å². The lowest BCUT2D eigenvalue weighted by Crippen LogP contribution is -2.08. The van der Waals surface area contributed by atoms with Gasteiger partial charge in [0.25, 0.3) is 0 Å². The van der Waals surface area contributed by atoms with Crippen molar-refractivity contribution in [3.8, 4) is 0 Å². The standard InChI is InChI=1S/C15H27NO/c1-2-3-4-5-6-7-8-9-10-15(16)14-11-12-17-13-14/h11-13,15H,2-10,16H2,1H3. The summed E-state index contributed by atoms with van der Waals surface area (Å²) in [5.74, 6) is 0. The molecule has 0 saturated heterocycles. The highest BCUT2D eigenvalue weighted by Gasteiger charge is 2.06. The van der Waals surface area contributed by atoms with Crippen molar-refractivity contribution < 1.29 is 4.42 Å². The molecule has 2 nitrogen and oxygen atoms in total. The monoisotopic (exact) mass is 237 g/mol. The maximum Gasteiger partial charge on any atom is 0.0950 e. The maximum absolute atomic E-state index is 6.06. The van der Waals surface area contributed by atoms with Crippen molar-refractivity contribution in [1.29, 1.82) is 0 Å². The Labute approximate surface area is 106 Å². The molecule has 2 heteroatoms. The number of nitrogens with two attached hydrogens (primary N) is 1. The van der Waals surface area contributed by atoms with Crippen LogP contribution in [0.25, 0.3) is 0 Å². The minimum atomic E-state index is 0.161. The second kappa shape index (κ2) is 9.29. The SMILES string of the molecule is CCCCCCCCCCC(N)c1ccoc1. The fraction of sp³-hybridized carbons (Fsp3) is 0.733. The first-order valence-corrected chi connectivity index (χ1v) is 7.12. The van der Waals surface area contributed by atoms with Gasteiger partial charge in [0, 0.05) is 11.6 Å². The lowest BCUT2D eigenvalue weighted by molar-refractivity contribution is 0.526. The van der Waals surface area contributed by atoms with Crippen LogP contribution < -0.4 is 5.73 Å². The molecule has 1 aromatic rings. The van der Waals surface area contributed by atoms with Gasteiger partial charge in [0.1, 0.15) is 0 Å². The van der Waals surface area contributed by atoms with E-state index in [0.717, 1.165) is 12.0 Å². The number of rotatable bonds is 10. The van der Waals surface area contributed by atoms with Crippen molar-refractivity contribution in [1.82, 2.24) is 0 Å².